The first kappa shape index (κ1) is 26.6. The number of ether oxygens (including phenoxy) is 2. The van der Waals surface area contributed by atoms with E-state index in [1.165, 1.54) is 11.8 Å². The largest absolute Gasteiger partial charge is 0.490 e. The number of halogens is 2. The Morgan fingerprint density at radius 3 is 2.26 bits per heavy atom. The smallest absolute Gasteiger partial charge is 0.244 e. The summed E-state index contributed by atoms with van der Waals surface area (Å²) in [6.07, 6.45) is 1.77. The van der Waals surface area contributed by atoms with Crippen molar-refractivity contribution in [3.8, 4) is 11.5 Å². The van der Waals surface area contributed by atoms with Crippen LogP contribution in [-0.2, 0) is 23.2 Å². The van der Waals surface area contributed by atoms with Gasteiger partial charge < -0.3 is 9.47 Å². The van der Waals surface area contributed by atoms with Gasteiger partial charge in [-0.2, -0.15) is 5.10 Å². The average molecular weight is 513 g/mol. The maximum absolute atomic E-state index is 12.3. The summed E-state index contributed by atoms with van der Waals surface area (Å²) in [5, 5.41) is 5.12. The Kier molecular flexibility index (Phi) is 9.19. The van der Waals surface area contributed by atoms with Crippen molar-refractivity contribution < 1.29 is 14.3 Å². The lowest BCUT2D eigenvalue weighted by Gasteiger charge is -2.19. The van der Waals surface area contributed by atoms with Gasteiger partial charge >= 0.3 is 0 Å². The van der Waals surface area contributed by atoms with Crippen LogP contribution in [0.3, 0.4) is 0 Å². The molecule has 0 saturated carbocycles. The molecule has 0 atom stereocenters. The molecule has 0 heterocycles. The molecule has 0 fully saturated rings. The molecule has 1 N–H and O–H groups in total. The molecule has 0 saturated heterocycles. The Bertz CT molecular complexity index is 1170. The number of carbonyl (C=O) groups excluding carboxylic acids is 1. The van der Waals surface area contributed by atoms with Crippen LogP contribution in [0.4, 0.5) is 0 Å². The van der Waals surface area contributed by atoms with Gasteiger partial charge in [-0.15, -0.1) is 0 Å². The van der Waals surface area contributed by atoms with Crippen molar-refractivity contribution in [1.82, 2.24) is 5.43 Å². The number of hydrogen-bond acceptors (Lipinski definition) is 4. The third kappa shape index (κ3) is 8.01. The number of carbonyl (C=O) groups is 1. The molecule has 5 nitrogen and oxygen atoms in total. The monoisotopic (exact) mass is 512 g/mol. The number of nitrogens with zero attached hydrogens (tertiary/aromatic N) is 1. The summed E-state index contributed by atoms with van der Waals surface area (Å²) >= 11 is 12.4. The lowest BCUT2D eigenvalue weighted by Crippen LogP contribution is -2.20. The van der Waals surface area contributed by atoms with Crippen molar-refractivity contribution >= 4 is 35.3 Å². The van der Waals surface area contributed by atoms with Crippen LogP contribution in [0, 0.1) is 0 Å². The van der Waals surface area contributed by atoms with Crippen LogP contribution >= 0.6 is 23.2 Å². The molecule has 0 bridgehead atoms. The van der Waals surface area contributed by atoms with Crippen molar-refractivity contribution in [2.75, 3.05) is 6.61 Å². The van der Waals surface area contributed by atoms with Crippen LogP contribution in [-0.4, -0.2) is 18.7 Å². The fraction of sp³-hybridized carbons (Fsp3) is 0.286. The van der Waals surface area contributed by atoms with Crippen molar-refractivity contribution in [2.24, 2.45) is 5.10 Å². The van der Waals surface area contributed by atoms with Gasteiger partial charge in [-0.1, -0.05) is 80.4 Å². The Labute approximate surface area is 217 Å². The van der Waals surface area contributed by atoms with E-state index in [-0.39, 0.29) is 17.7 Å². The lowest BCUT2D eigenvalue weighted by molar-refractivity contribution is -0.120. The zero-order valence-electron chi connectivity index (χ0n) is 20.4. The number of hydrazone groups is 1. The zero-order valence-corrected chi connectivity index (χ0v) is 21.9. The fourth-order valence-electron chi connectivity index (χ4n) is 3.33. The maximum atomic E-state index is 12.3. The van der Waals surface area contributed by atoms with E-state index in [9.17, 15) is 4.79 Å². The van der Waals surface area contributed by atoms with E-state index in [0.29, 0.717) is 40.3 Å². The first-order valence-electron chi connectivity index (χ1n) is 11.4. The summed E-state index contributed by atoms with van der Waals surface area (Å²) in [6.45, 7) is 9.11. The highest BCUT2D eigenvalue weighted by Gasteiger charge is 2.14. The van der Waals surface area contributed by atoms with E-state index in [0.717, 1.165) is 11.1 Å². The predicted molar refractivity (Wildman–Crippen MR) is 143 cm³/mol. The van der Waals surface area contributed by atoms with Gasteiger partial charge in [-0.3, -0.25) is 4.79 Å². The summed E-state index contributed by atoms with van der Waals surface area (Å²) in [5.74, 6) is 0.743. The molecule has 0 aliphatic heterocycles. The Hall–Kier alpha value is -3.02. The molecule has 0 spiro atoms. The van der Waals surface area contributed by atoms with Gasteiger partial charge in [0.25, 0.3) is 0 Å². The van der Waals surface area contributed by atoms with E-state index in [1.807, 2.05) is 31.2 Å². The molecule has 0 radical (unpaired) electrons. The molecule has 7 heteroatoms. The van der Waals surface area contributed by atoms with E-state index in [4.69, 9.17) is 32.7 Å². The normalized spacial score (nSPS) is 11.5. The van der Waals surface area contributed by atoms with E-state index >= 15 is 0 Å². The molecule has 0 aliphatic carbocycles. The van der Waals surface area contributed by atoms with Gasteiger partial charge in [0.15, 0.2) is 11.5 Å². The van der Waals surface area contributed by atoms with Crippen LogP contribution in [0.1, 0.15) is 49.9 Å². The second-order valence-corrected chi connectivity index (χ2v) is 9.94. The highest BCUT2D eigenvalue weighted by molar-refractivity contribution is 6.32. The molecule has 0 aliphatic rings. The van der Waals surface area contributed by atoms with Crippen molar-refractivity contribution in [3.05, 3.63) is 93.0 Å². The highest BCUT2D eigenvalue weighted by atomic mass is 35.5. The first-order valence-corrected chi connectivity index (χ1v) is 12.2. The van der Waals surface area contributed by atoms with Crippen LogP contribution in [0.2, 0.25) is 10.0 Å². The number of hydrogen-bond donors (Lipinski definition) is 1. The highest BCUT2D eigenvalue weighted by Crippen LogP contribution is 2.37. The number of rotatable bonds is 9. The number of nitrogens with one attached hydrogen (secondary N) is 1. The van der Waals surface area contributed by atoms with Crippen molar-refractivity contribution in [3.63, 3.8) is 0 Å². The van der Waals surface area contributed by atoms with Gasteiger partial charge in [0, 0.05) is 5.02 Å². The van der Waals surface area contributed by atoms with Gasteiger partial charge in [0.1, 0.15) is 6.61 Å². The topological polar surface area (TPSA) is 59.9 Å². The van der Waals surface area contributed by atoms with E-state index in [1.54, 1.807) is 24.3 Å². The van der Waals surface area contributed by atoms with Gasteiger partial charge in [0.05, 0.1) is 24.3 Å². The average Bonchev–Trinajstić information content (AvgIpc) is 2.80. The van der Waals surface area contributed by atoms with Gasteiger partial charge in [0.2, 0.25) is 5.91 Å². The third-order valence-electron chi connectivity index (χ3n) is 5.22. The Balaban J connectivity index is 1.63. The second kappa shape index (κ2) is 12.1. The third-order valence-corrected chi connectivity index (χ3v) is 5.75. The number of amides is 1. The molecule has 3 aromatic rings. The Morgan fingerprint density at radius 1 is 0.971 bits per heavy atom. The molecule has 1 amide bonds. The van der Waals surface area contributed by atoms with Crippen molar-refractivity contribution in [1.29, 1.82) is 0 Å². The van der Waals surface area contributed by atoms with E-state index in [2.05, 4.69) is 43.4 Å². The maximum Gasteiger partial charge on any atom is 0.244 e. The molecule has 3 rings (SSSR count). The minimum absolute atomic E-state index is 0.0726. The summed E-state index contributed by atoms with van der Waals surface area (Å²) in [4.78, 5) is 12.3. The SMILES string of the molecule is CCOc1cc(/C=N\NC(=O)Cc2ccc(C(C)(C)C)cc2)cc(Cl)c1OCc1ccc(Cl)cc1. The van der Waals surface area contributed by atoms with Crippen LogP contribution < -0.4 is 14.9 Å². The minimum Gasteiger partial charge on any atom is -0.490 e. The lowest BCUT2D eigenvalue weighted by atomic mass is 9.86. The molecule has 0 unspecified atom stereocenters. The van der Waals surface area contributed by atoms with Gasteiger partial charge in [-0.05, 0) is 58.9 Å². The van der Waals surface area contributed by atoms with Gasteiger partial charge in [-0.25, -0.2) is 5.43 Å². The predicted octanol–water partition coefficient (Wildman–Crippen LogP) is 6.96. The summed E-state index contributed by atoms with van der Waals surface area (Å²) in [5.41, 5.74) is 6.41. The van der Waals surface area contributed by atoms with Crippen LogP contribution in [0.25, 0.3) is 0 Å². The van der Waals surface area contributed by atoms with Crippen LogP contribution in [0.5, 0.6) is 11.5 Å². The fourth-order valence-corrected chi connectivity index (χ4v) is 3.73. The minimum atomic E-state index is -0.205. The molecule has 0 aromatic heterocycles. The van der Waals surface area contributed by atoms with Crippen LogP contribution in [0.15, 0.2) is 65.8 Å². The quantitative estimate of drug-likeness (QED) is 0.249. The molecule has 3 aromatic carbocycles. The van der Waals surface area contributed by atoms with E-state index < -0.39 is 0 Å². The van der Waals surface area contributed by atoms with Crippen molar-refractivity contribution in [2.45, 2.75) is 46.1 Å². The number of benzene rings is 3. The summed E-state index contributed by atoms with van der Waals surface area (Å²) in [7, 11) is 0. The molecular weight excluding hydrogens is 483 g/mol. The standard InChI is InChI=1S/C28H30Cl2N2O3/c1-5-34-25-15-21(14-24(30)27(25)35-18-20-8-12-23(29)13-9-20)17-31-32-26(33)16-19-6-10-22(11-7-19)28(2,3)4/h6-15,17H,5,16,18H2,1-4H3,(H,32,33)/b31-17-. The summed E-state index contributed by atoms with van der Waals surface area (Å²) < 4.78 is 11.7. The molecular formula is C28H30Cl2N2O3. The zero-order chi connectivity index (χ0) is 25.4. The first-order chi connectivity index (χ1) is 16.7. The summed E-state index contributed by atoms with van der Waals surface area (Å²) in [6, 6.07) is 18.9. The Morgan fingerprint density at radius 2 is 1.63 bits per heavy atom. The molecule has 184 valence electrons. The molecule has 35 heavy (non-hydrogen) atoms. The second-order valence-electron chi connectivity index (χ2n) is 9.10.